The van der Waals surface area contributed by atoms with Crippen molar-refractivity contribution in [3.8, 4) is 0 Å². The summed E-state index contributed by atoms with van der Waals surface area (Å²) in [6.07, 6.45) is 0.705. The Morgan fingerprint density at radius 3 is 2.86 bits per heavy atom. The highest BCUT2D eigenvalue weighted by atomic mass is 35.5. The molecule has 2 heterocycles. The van der Waals surface area contributed by atoms with E-state index in [1.807, 2.05) is 44.2 Å². The Morgan fingerprint density at radius 1 is 1.21 bits per heavy atom. The summed E-state index contributed by atoms with van der Waals surface area (Å²) in [5, 5.41) is 5.12. The molecule has 5 nitrogen and oxygen atoms in total. The SMILES string of the molecule is CCc1nc(SCC(=O)Nc2cc(Cl)ccc2C)c2oc3ccccc3c2n1. The van der Waals surface area contributed by atoms with Gasteiger partial charge in [-0.25, -0.2) is 9.97 Å². The normalized spacial score (nSPS) is 11.2. The molecule has 0 aliphatic rings. The van der Waals surface area contributed by atoms with Gasteiger partial charge in [0.1, 0.15) is 22.0 Å². The number of halogens is 1. The number of hydrogen-bond donors (Lipinski definition) is 1. The van der Waals surface area contributed by atoms with E-state index in [0.717, 1.165) is 27.9 Å². The number of benzene rings is 2. The van der Waals surface area contributed by atoms with E-state index >= 15 is 0 Å². The average Bonchev–Trinajstić information content (AvgIpc) is 3.07. The van der Waals surface area contributed by atoms with Crippen LogP contribution in [0.15, 0.2) is 51.9 Å². The second-order valence-electron chi connectivity index (χ2n) is 6.37. The van der Waals surface area contributed by atoms with Gasteiger partial charge in [0, 0.05) is 22.5 Å². The van der Waals surface area contributed by atoms with Crippen LogP contribution in [0.2, 0.25) is 5.02 Å². The first kappa shape index (κ1) is 18.8. The summed E-state index contributed by atoms with van der Waals surface area (Å²) in [6, 6.07) is 13.2. The number of nitrogens with zero attached hydrogens (tertiary/aromatic N) is 2. The van der Waals surface area contributed by atoms with Crippen molar-refractivity contribution in [2.24, 2.45) is 0 Å². The monoisotopic (exact) mass is 411 g/mol. The number of furan rings is 1. The van der Waals surface area contributed by atoms with Crippen molar-refractivity contribution in [3.63, 3.8) is 0 Å². The molecule has 0 aliphatic heterocycles. The van der Waals surface area contributed by atoms with Gasteiger partial charge in [0.05, 0.1) is 5.75 Å². The Morgan fingerprint density at radius 2 is 2.04 bits per heavy atom. The minimum absolute atomic E-state index is 0.128. The van der Waals surface area contributed by atoms with E-state index < -0.39 is 0 Å². The van der Waals surface area contributed by atoms with Crippen LogP contribution in [0, 0.1) is 6.92 Å². The smallest absolute Gasteiger partial charge is 0.234 e. The van der Waals surface area contributed by atoms with Crippen molar-refractivity contribution in [2.45, 2.75) is 25.3 Å². The van der Waals surface area contributed by atoms with Crippen LogP contribution >= 0.6 is 23.4 Å². The number of anilines is 1. The fraction of sp³-hybridized carbons (Fsp3) is 0.190. The van der Waals surface area contributed by atoms with Gasteiger partial charge in [-0.1, -0.05) is 48.5 Å². The zero-order valence-corrected chi connectivity index (χ0v) is 17.0. The summed E-state index contributed by atoms with van der Waals surface area (Å²) in [4.78, 5) is 21.7. The van der Waals surface area contributed by atoms with Crippen LogP contribution in [0.1, 0.15) is 18.3 Å². The number of fused-ring (bicyclic) bond motifs is 3. The lowest BCUT2D eigenvalue weighted by atomic mass is 10.2. The summed E-state index contributed by atoms with van der Waals surface area (Å²) in [5.41, 5.74) is 3.84. The Kier molecular flexibility index (Phi) is 5.24. The second-order valence-corrected chi connectivity index (χ2v) is 7.77. The molecule has 0 unspecified atom stereocenters. The fourth-order valence-electron chi connectivity index (χ4n) is 2.91. The summed E-state index contributed by atoms with van der Waals surface area (Å²) in [5.74, 6) is 0.807. The molecular formula is C21H18ClN3O2S. The highest BCUT2D eigenvalue weighted by molar-refractivity contribution is 8.00. The molecule has 0 bridgehead atoms. The maximum atomic E-state index is 12.5. The molecule has 1 amide bonds. The summed E-state index contributed by atoms with van der Waals surface area (Å²) >= 11 is 7.37. The van der Waals surface area contributed by atoms with Crippen LogP contribution in [-0.4, -0.2) is 21.6 Å². The molecule has 0 saturated carbocycles. The first-order valence-electron chi connectivity index (χ1n) is 8.92. The summed E-state index contributed by atoms with van der Waals surface area (Å²) in [6.45, 7) is 3.93. The number of nitrogens with one attached hydrogen (secondary N) is 1. The van der Waals surface area contributed by atoms with Crippen molar-refractivity contribution in [1.29, 1.82) is 0 Å². The highest BCUT2D eigenvalue weighted by Crippen LogP contribution is 2.33. The first-order chi connectivity index (χ1) is 13.5. The molecule has 4 rings (SSSR count). The zero-order chi connectivity index (χ0) is 19.7. The third kappa shape index (κ3) is 3.70. The van der Waals surface area contributed by atoms with Gasteiger partial charge in [0.2, 0.25) is 5.91 Å². The molecular weight excluding hydrogens is 394 g/mol. The van der Waals surface area contributed by atoms with Gasteiger partial charge in [0.15, 0.2) is 5.58 Å². The molecule has 0 atom stereocenters. The molecule has 28 heavy (non-hydrogen) atoms. The molecule has 1 N–H and O–H groups in total. The molecule has 0 aliphatic carbocycles. The quantitative estimate of drug-likeness (QED) is 0.340. The van der Waals surface area contributed by atoms with Gasteiger partial charge in [-0.15, -0.1) is 0 Å². The molecule has 0 saturated heterocycles. The second kappa shape index (κ2) is 7.81. The number of hydrogen-bond acceptors (Lipinski definition) is 5. The molecule has 7 heteroatoms. The Hall–Kier alpha value is -2.57. The van der Waals surface area contributed by atoms with Crippen LogP contribution in [0.25, 0.3) is 22.1 Å². The predicted molar refractivity (Wildman–Crippen MR) is 114 cm³/mol. The van der Waals surface area contributed by atoms with Gasteiger partial charge in [-0.05, 0) is 36.8 Å². The molecule has 4 aromatic rings. The molecule has 0 fully saturated rings. The summed E-state index contributed by atoms with van der Waals surface area (Å²) < 4.78 is 5.97. The van der Waals surface area contributed by atoms with Crippen molar-refractivity contribution in [2.75, 3.05) is 11.1 Å². The fourth-order valence-corrected chi connectivity index (χ4v) is 3.87. The van der Waals surface area contributed by atoms with Gasteiger partial charge < -0.3 is 9.73 Å². The lowest BCUT2D eigenvalue weighted by Gasteiger charge is -2.09. The zero-order valence-electron chi connectivity index (χ0n) is 15.5. The lowest BCUT2D eigenvalue weighted by molar-refractivity contribution is -0.113. The van der Waals surface area contributed by atoms with Gasteiger partial charge in [-0.3, -0.25) is 4.79 Å². The highest BCUT2D eigenvalue weighted by Gasteiger charge is 2.17. The number of amides is 1. The van der Waals surface area contributed by atoms with Crippen LogP contribution in [0.3, 0.4) is 0 Å². The number of aromatic nitrogens is 2. The third-order valence-electron chi connectivity index (χ3n) is 4.36. The van der Waals surface area contributed by atoms with Gasteiger partial charge in [0.25, 0.3) is 0 Å². The number of para-hydroxylation sites is 1. The standard InChI is InChI=1S/C21H18ClN3O2S/c1-3-17-24-19-14-6-4-5-7-16(14)27-20(19)21(25-17)28-11-18(26)23-15-10-13(22)9-8-12(15)2/h4-10H,3,11H2,1-2H3,(H,23,26). The Labute approximate surface area is 171 Å². The summed E-state index contributed by atoms with van der Waals surface area (Å²) in [7, 11) is 0. The Balaban J connectivity index is 1.60. The predicted octanol–water partition coefficient (Wildman–Crippen LogP) is 5.63. The molecule has 2 aromatic heterocycles. The van der Waals surface area contributed by atoms with Crippen LogP contribution in [0.4, 0.5) is 5.69 Å². The van der Waals surface area contributed by atoms with E-state index in [9.17, 15) is 4.79 Å². The molecule has 2 aromatic carbocycles. The number of rotatable bonds is 5. The average molecular weight is 412 g/mol. The van der Waals surface area contributed by atoms with Crippen molar-refractivity contribution in [3.05, 3.63) is 58.9 Å². The van der Waals surface area contributed by atoms with E-state index in [1.165, 1.54) is 11.8 Å². The van der Waals surface area contributed by atoms with E-state index in [2.05, 4.69) is 15.3 Å². The topological polar surface area (TPSA) is 68.0 Å². The van der Waals surface area contributed by atoms with Crippen molar-refractivity contribution in [1.82, 2.24) is 9.97 Å². The van der Waals surface area contributed by atoms with Gasteiger partial charge >= 0.3 is 0 Å². The molecule has 0 radical (unpaired) electrons. The van der Waals surface area contributed by atoms with E-state index in [0.29, 0.717) is 27.7 Å². The maximum absolute atomic E-state index is 12.5. The number of thioether (sulfide) groups is 1. The Bertz CT molecular complexity index is 1190. The maximum Gasteiger partial charge on any atom is 0.234 e. The number of aryl methyl sites for hydroxylation is 2. The van der Waals surface area contributed by atoms with Crippen LogP contribution in [0.5, 0.6) is 0 Å². The third-order valence-corrected chi connectivity index (χ3v) is 5.56. The minimum atomic E-state index is -0.128. The minimum Gasteiger partial charge on any atom is -0.451 e. The van der Waals surface area contributed by atoms with Gasteiger partial charge in [-0.2, -0.15) is 0 Å². The van der Waals surface area contributed by atoms with E-state index in [-0.39, 0.29) is 11.7 Å². The number of carbonyl (C=O) groups excluding carboxylic acids is 1. The van der Waals surface area contributed by atoms with Crippen molar-refractivity contribution < 1.29 is 9.21 Å². The van der Waals surface area contributed by atoms with E-state index in [4.69, 9.17) is 16.0 Å². The van der Waals surface area contributed by atoms with Crippen molar-refractivity contribution >= 4 is 57.0 Å². The molecule has 142 valence electrons. The first-order valence-corrected chi connectivity index (χ1v) is 10.3. The van der Waals surface area contributed by atoms with Crippen LogP contribution in [-0.2, 0) is 11.2 Å². The van der Waals surface area contributed by atoms with Crippen LogP contribution < -0.4 is 5.32 Å². The largest absolute Gasteiger partial charge is 0.451 e. The van der Waals surface area contributed by atoms with E-state index in [1.54, 1.807) is 12.1 Å². The molecule has 0 spiro atoms. The number of carbonyl (C=O) groups is 1. The lowest BCUT2D eigenvalue weighted by Crippen LogP contribution is -2.15.